The van der Waals surface area contributed by atoms with E-state index in [0.29, 0.717) is 0 Å². The Kier molecular flexibility index (Phi) is 4.55. The lowest BCUT2D eigenvalue weighted by Crippen LogP contribution is -2.41. The highest BCUT2D eigenvalue weighted by molar-refractivity contribution is 5.80. The van der Waals surface area contributed by atoms with Crippen LogP contribution in [0.1, 0.15) is 13.3 Å². The van der Waals surface area contributed by atoms with Gasteiger partial charge in [-0.3, -0.25) is 20.3 Å². The maximum atomic E-state index is 13.5. The van der Waals surface area contributed by atoms with Gasteiger partial charge in [0.05, 0.1) is 11.0 Å². The number of nitrogens with one attached hydrogen (secondary N) is 1. The number of carbonyl (C=O) groups excluding carboxylic acids is 1. The highest BCUT2D eigenvalue weighted by Gasteiger charge is 2.20. The first-order chi connectivity index (χ1) is 8.49. The lowest BCUT2D eigenvalue weighted by Gasteiger charge is -2.15. The first-order valence-electron chi connectivity index (χ1n) is 5.10. The minimum absolute atomic E-state index is 0.240. The van der Waals surface area contributed by atoms with Crippen LogP contribution in [-0.2, 0) is 4.79 Å². The van der Waals surface area contributed by atoms with E-state index in [4.69, 9.17) is 10.6 Å². The molecule has 0 radical (unpaired) electrons. The molecule has 8 heteroatoms. The third-order valence-electron chi connectivity index (χ3n) is 2.20. The van der Waals surface area contributed by atoms with Crippen molar-refractivity contribution in [3.8, 4) is 5.75 Å². The Morgan fingerprint density at radius 2 is 2.33 bits per heavy atom. The van der Waals surface area contributed by atoms with E-state index in [9.17, 15) is 19.3 Å². The predicted molar refractivity (Wildman–Crippen MR) is 60.1 cm³/mol. The summed E-state index contributed by atoms with van der Waals surface area (Å²) in [6, 6.07) is 2.91. The summed E-state index contributed by atoms with van der Waals surface area (Å²) in [5, 5.41) is 10.4. The van der Waals surface area contributed by atoms with Crippen molar-refractivity contribution in [1.82, 2.24) is 5.43 Å². The number of amides is 1. The van der Waals surface area contributed by atoms with Crippen molar-refractivity contribution in [2.24, 2.45) is 5.84 Å². The van der Waals surface area contributed by atoms with E-state index in [-0.39, 0.29) is 12.2 Å². The number of benzene rings is 1. The summed E-state index contributed by atoms with van der Waals surface area (Å²) in [6.07, 6.45) is -0.676. The van der Waals surface area contributed by atoms with E-state index in [1.54, 1.807) is 6.92 Å². The van der Waals surface area contributed by atoms with Crippen molar-refractivity contribution >= 4 is 11.6 Å². The minimum Gasteiger partial charge on any atom is -0.477 e. The normalized spacial score (nSPS) is 11.7. The van der Waals surface area contributed by atoms with Crippen molar-refractivity contribution in [3.63, 3.8) is 0 Å². The molecule has 0 aliphatic heterocycles. The van der Waals surface area contributed by atoms with E-state index in [2.05, 4.69) is 0 Å². The van der Waals surface area contributed by atoms with Gasteiger partial charge in [-0.1, -0.05) is 6.92 Å². The minimum atomic E-state index is -0.953. The van der Waals surface area contributed by atoms with Gasteiger partial charge in [-0.25, -0.2) is 10.2 Å². The number of non-ortho nitro benzene ring substituents is 1. The van der Waals surface area contributed by atoms with Gasteiger partial charge in [0.25, 0.3) is 11.6 Å². The van der Waals surface area contributed by atoms with Crippen LogP contribution >= 0.6 is 0 Å². The molecule has 18 heavy (non-hydrogen) atoms. The molecule has 0 aliphatic rings. The van der Waals surface area contributed by atoms with Gasteiger partial charge in [0.15, 0.2) is 17.7 Å². The Morgan fingerprint density at radius 1 is 1.67 bits per heavy atom. The van der Waals surface area contributed by atoms with Crippen LogP contribution in [0.15, 0.2) is 18.2 Å². The number of rotatable bonds is 5. The Labute approximate surface area is 102 Å². The Balaban J connectivity index is 2.90. The quantitative estimate of drug-likeness (QED) is 0.352. The lowest BCUT2D eigenvalue weighted by atomic mass is 10.2. The molecule has 0 aliphatic carbocycles. The topological polar surface area (TPSA) is 107 Å². The Bertz CT molecular complexity index is 466. The number of nitrogens with two attached hydrogens (primary N) is 1. The summed E-state index contributed by atoms with van der Waals surface area (Å²) in [5.74, 6) is 3.19. The molecule has 0 saturated heterocycles. The van der Waals surface area contributed by atoms with Crippen LogP contribution in [0, 0.1) is 15.9 Å². The smallest absolute Gasteiger partial charge is 0.274 e. The number of hydrogen-bond acceptors (Lipinski definition) is 5. The van der Waals surface area contributed by atoms with E-state index < -0.39 is 28.4 Å². The molecule has 0 bridgehead atoms. The standard InChI is InChI=1S/C10H12FN3O4/c1-2-8(10(15)13-12)18-9-4-3-6(14(16)17)5-7(9)11/h3-5,8H,2,12H2,1H3,(H,13,15). The van der Waals surface area contributed by atoms with Crippen LogP contribution in [0.4, 0.5) is 10.1 Å². The molecular weight excluding hydrogens is 245 g/mol. The summed E-state index contributed by atoms with van der Waals surface area (Å²) >= 11 is 0. The molecule has 7 nitrogen and oxygen atoms in total. The second-order valence-electron chi connectivity index (χ2n) is 3.40. The summed E-state index contributed by atoms with van der Waals surface area (Å²) in [6.45, 7) is 1.66. The molecule has 0 fully saturated rings. The molecule has 1 aromatic rings. The molecule has 0 spiro atoms. The number of ether oxygens (including phenoxy) is 1. The first-order valence-corrected chi connectivity index (χ1v) is 5.10. The highest BCUT2D eigenvalue weighted by atomic mass is 19.1. The van der Waals surface area contributed by atoms with Gasteiger partial charge in [0, 0.05) is 6.07 Å². The van der Waals surface area contributed by atoms with E-state index in [1.165, 1.54) is 0 Å². The van der Waals surface area contributed by atoms with Crippen LogP contribution in [0.5, 0.6) is 5.75 Å². The van der Waals surface area contributed by atoms with Gasteiger partial charge >= 0.3 is 0 Å². The van der Waals surface area contributed by atoms with E-state index >= 15 is 0 Å². The van der Waals surface area contributed by atoms with E-state index in [0.717, 1.165) is 18.2 Å². The van der Waals surface area contributed by atoms with Crippen LogP contribution < -0.4 is 16.0 Å². The molecule has 0 heterocycles. The molecule has 98 valence electrons. The zero-order valence-corrected chi connectivity index (χ0v) is 9.55. The maximum absolute atomic E-state index is 13.5. The third-order valence-corrected chi connectivity index (χ3v) is 2.20. The summed E-state index contributed by atoms with van der Waals surface area (Å²) < 4.78 is 18.6. The Morgan fingerprint density at radius 3 is 2.78 bits per heavy atom. The molecule has 1 atom stereocenters. The number of nitro benzene ring substituents is 1. The Hall–Kier alpha value is -2.22. The lowest BCUT2D eigenvalue weighted by molar-refractivity contribution is -0.385. The average Bonchev–Trinajstić information content (AvgIpc) is 2.36. The highest BCUT2D eigenvalue weighted by Crippen LogP contribution is 2.23. The molecular formula is C10H12FN3O4. The zero-order valence-electron chi connectivity index (χ0n) is 9.55. The summed E-state index contributed by atoms with van der Waals surface area (Å²) in [5.41, 5.74) is 1.50. The van der Waals surface area contributed by atoms with Crippen LogP contribution in [-0.4, -0.2) is 16.9 Å². The second-order valence-corrected chi connectivity index (χ2v) is 3.40. The molecule has 1 unspecified atom stereocenters. The van der Waals surface area contributed by atoms with Crippen molar-refractivity contribution in [2.45, 2.75) is 19.4 Å². The van der Waals surface area contributed by atoms with Gasteiger partial charge in [-0.2, -0.15) is 0 Å². The van der Waals surface area contributed by atoms with Gasteiger partial charge in [-0.05, 0) is 12.5 Å². The molecule has 1 aromatic carbocycles. The zero-order chi connectivity index (χ0) is 13.7. The van der Waals surface area contributed by atoms with Crippen molar-refractivity contribution in [1.29, 1.82) is 0 Å². The summed E-state index contributed by atoms with van der Waals surface area (Å²) in [7, 11) is 0. The molecule has 1 rings (SSSR count). The monoisotopic (exact) mass is 257 g/mol. The maximum Gasteiger partial charge on any atom is 0.274 e. The molecule has 3 N–H and O–H groups in total. The fourth-order valence-electron chi connectivity index (χ4n) is 1.27. The number of carbonyl (C=O) groups is 1. The van der Waals surface area contributed by atoms with Gasteiger partial charge in [0.1, 0.15) is 0 Å². The predicted octanol–water partition coefficient (Wildman–Crippen LogP) is 0.881. The number of hydrogen-bond donors (Lipinski definition) is 2. The SMILES string of the molecule is CCC(Oc1ccc([N+](=O)[O-])cc1F)C(=O)NN. The molecule has 1 amide bonds. The van der Waals surface area contributed by atoms with Crippen LogP contribution in [0.3, 0.4) is 0 Å². The van der Waals surface area contributed by atoms with Crippen molar-refractivity contribution in [2.75, 3.05) is 0 Å². The number of halogens is 1. The van der Waals surface area contributed by atoms with Gasteiger partial charge in [-0.15, -0.1) is 0 Å². The first kappa shape index (κ1) is 13.8. The number of nitrogens with zero attached hydrogens (tertiary/aromatic N) is 1. The van der Waals surface area contributed by atoms with E-state index in [1.807, 2.05) is 5.43 Å². The van der Waals surface area contributed by atoms with Crippen LogP contribution in [0.25, 0.3) is 0 Å². The van der Waals surface area contributed by atoms with Gasteiger partial charge in [0.2, 0.25) is 0 Å². The third kappa shape index (κ3) is 3.14. The van der Waals surface area contributed by atoms with Crippen molar-refractivity contribution in [3.05, 3.63) is 34.1 Å². The number of hydrazine groups is 1. The van der Waals surface area contributed by atoms with Gasteiger partial charge < -0.3 is 4.74 Å². The molecule has 0 saturated carbocycles. The largest absolute Gasteiger partial charge is 0.477 e. The average molecular weight is 257 g/mol. The second kappa shape index (κ2) is 5.92. The van der Waals surface area contributed by atoms with Crippen LogP contribution in [0.2, 0.25) is 0 Å². The number of nitro groups is 1. The fourth-order valence-corrected chi connectivity index (χ4v) is 1.27. The van der Waals surface area contributed by atoms with Crippen molar-refractivity contribution < 1.29 is 18.8 Å². The summed E-state index contributed by atoms with van der Waals surface area (Å²) in [4.78, 5) is 20.9. The fraction of sp³-hybridized carbons (Fsp3) is 0.300. The molecule has 0 aromatic heterocycles.